The van der Waals surface area contributed by atoms with E-state index in [1.54, 1.807) is 6.07 Å². The summed E-state index contributed by atoms with van der Waals surface area (Å²) in [5.41, 5.74) is 0.0772. The van der Waals surface area contributed by atoms with Gasteiger partial charge in [0, 0.05) is 11.9 Å². The van der Waals surface area contributed by atoms with E-state index in [2.05, 4.69) is 5.32 Å². The summed E-state index contributed by atoms with van der Waals surface area (Å²) in [6.07, 6.45) is 0.0942. The third-order valence-corrected chi connectivity index (χ3v) is 4.13. The molecule has 5 heteroatoms. The Hall–Kier alpha value is -0.740. The zero-order valence-electron chi connectivity index (χ0n) is 11.2. The van der Waals surface area contributed by atoms with Crippen LogP contribution in [0.25, 0.3) is 0 Å². The number of halogens is 4. The van der Waals surface area contributed by atoms with Gasteiger partial charge in [-0.1, -0.05) is 24.6 Å². The Kier molecular flexibility index (Phi) is 5.33. The maximum atomic E-state index is 12.6. The number of alkyl halides is 4. The van der Waals surface area contributed by atoms with Crippen molar-refractivity contribution in [2.45, 2.75) is 43.8 Å². The molecule has 0 heterocycles. The monoisotopic (exact) mass is 305 g/mol. The van der Waals surface area contributed by atoms with Crippen molar-refractivity contribution in [3.8, 4) is 0 Å². The van der Waals surface area contributed by atoms with Gasteiger partial charge in [0.15, 0.2) is 0 Å². The molecule has 0 saturated heterocycles. The minimum Gasteiger partial charge on any atom is -0.312 e. The molecule has 1 fully saturated rings. The highest BCUT2D eigenvalue weighted by atomic mass is 35.5. The molecule has 20 heavy (non-hydrogen) atoms. The van der Waals surface area contributed by atoms with Gasteiger partial charge < -0.3 is 5.32 Å². The van der Waals surface area contributed by atoms with E-state index in [0.717, 1.165) is 38.3 Å². The van der Waals surface area contributed by atoms with Gasteiger partial charge >= 0.3 is 6.18 Å². The Balaban J connectivity index is 1.82. The normalized spacial score (nSPS) is 23.8. The van der Waals surface area contributed by atoms with Crippen LogP contribution >= 0.6 is 11.6 Å². The van der Waals surface area contributed by atoms with Gasteiger partial charge in [-0.25, -0.2) is 0 Å². The van der Waals surface area contributed by atoms with E-state index in [-0.39, 0.29) is 5.38 Å². The van der Waals surface area contributed by atoms with Crippen molar-refractivity contribution < 1.29 is 13.2 Å². The first-order valence-electron chi connectivity index (χ1n) is 6.96. The van der Waals surface area contributed by atoms with Gasteiger partial charge in [0.05, 0.1) is 5.56 Å². The maximum absolute atomic E-state index is 12.6. The molecule has 0 aromatic heterocycles. The largest absolute Gasteiger partial charge is 0.416 e. The summed E-state index contributed by atoms with van der Waals surface area (Å²) in [6, 6.07) is 5.48. The van der Waals surface area contributed by atoms with Crippen LogP contribution in [0.5, 0.6) is 0 Å². The van der Waals surface area contributed by atoms with E-state index in [1.807, 2.05) is 0 Å². The standard InChI is InChI=1S/C15H19ClF3N/c16-14-6-2-4-12(8-14)10-20-9-11-3-1-5-13(7-11)15(17,18)19/h1,3,5,7,12,14,20H,2,4,6,8-10H2. The van der Waals surface area contributed by atoms with E-state index in [4.69, 9.17) is 11.6 Å². The van der Waals surface area contributed by atoms with Crippen molar-refractivity contribution in [3.05, 3.63) is 35.4 Å². The van der Waals surface area contributed by atoms with Crippen molar-refractivity contribution in [2.75, 3.05) is 6.54 Å². The fraction of sp³-hybridized carbons (Fsp3) is 0.600. The molecule has 2 rings (SSSR count). The fourth-order valence-corrected chi connectivity index (χ4v) is 3.10. The quantitative estimate of drug-likeness (QED) is 0.802. The molecule has 1 aliphatic rings. The van der Waals surface area contributed by atoms with Gasteiger partial charge in [0.25, 0.3) is 0 Å². The molecule has 0 aliphatic heterocycles. The van der Waals surface area contributed by atoms with Crippen molar-refractivity contribution in [2.24, 2.45) is 5.92 Å². The Morgan fingerprint density at radius 3 is 2.75 bits per heavy atom. The number of hydrogen-bond donors (Lipinski definition) is 1. The van der Waals surface area contributed by atoms with Gasteiger partial charge in [0.2, 0.25) is 0 Å². The first-order chi connectivity index (χ1) is 9.45. The second-order valence-electron chi connectivity index (χ2n) is 5.46. The Morgan fingerprint density at radius 2 is 2.05 bits per heavy atom. The second kappa shape index (κ2) is 6.81. The van der Waals surface area contributed by atoms with E-state index in [1.165, 1.54) is 12.1 Å². The van der Waals surface area contributed by atoms with Crippen LogP contribution in [0.4, 0.5) is 13.2 Å². The zero-order valence-corrected chi connectivity index (χ0v) is 12.0. The van der Waals surface area contributed by atoms with Crippen LogP contribution in [0.2, 0.25) is 0 Å². The second-order valence-corrected chi connectivity index (χ2v) is 6.08. The Bertz CT molecular complexity index is 433. The molecule has 1 N–H and O–H groups in total. The molecule has 0 spiro atoms. The molecule has 0 bridgehead atoms. The first kappa shape index (κ1) is 15.6. The lowest BCUT2D eigenvalue weighted by Crippen LogP contribution is -2.27. The number of rotatable bonds is 4. The molecule has 112 valence electrons. The van der Waals surface area contributed by atoms with Crippen LogP contribution in [-0.4, -0.2) is 11.9 Å². The molecule has 1 aromatic rings. The molecule has 1 nitrogen and oxygen atoms in total. The topological polar surface area (TPSA) is 12.0 Å². The molecule has 1 aliphatic carbocycles. The molecule has 2 unspecified atom stereocenters. The number of hydrogen-bond acceptors (Lipinski definition) is 1. The van der Waals surface area contributed by atoms with Crippen molar-refractivity contribution >= 4 is 11.6 Å². The summed E-state index contributed by atoms with van der Waals surface area (Å²) in [4.78, 5) is 0. The van der Waals surface area contributed by atoms with Crippen LogP contribution in [0.3, 0.4) is 0 Å². The molecular formula is C15H19ClF3N. The predicted octanol–water partition coefficient (Wildman–Crippen LogP) is 4.59. The highest BCUT2D eigenvalue weighted by molar-refractivity contribution is 6.20. The summed E-state index contributed by atoms with van der Waals surface area (Å²) in [6.45, 7) is 1.28. The van der Waals surface area contributed by atoms with Crippen LogP contribution in [-0.2, 0) is 12.7 Å². The highest BCUT2D eigenvalue weighted by Crippen LogP contribution is 2.30. The SMILES string of the molecule is FC(F)(F)c1cccc(CNCC2CCCC(Cl)C2)c1. The molecular weight excluding hydrogens is 287 g/mol. The van der Waals surface area contributed by atoms with Gasteiger partial charge in [-0.15, -0.1) is 11.6 Å². The van der Waals surface area contributed by atoms with Crippen LogP contribution in [0.1, 0.15) is 36.8 Å². The van der Waals surface area contributed by atoms with E-state index < -0.39 is 11.7 Å². The lowest BCUT2D eigenvalue weighted by atomic mass is 9.89. The highest BCUT2D eigenvalue weighted by Gasteiger charge is 2.30. The zero-order chi connectivity index (χ0) is 14.6. The van der Waals surface area contributed by atoms with E-state index in [9.17, 15) is 13.2 Å². The van der Waals surface area contributed by atoms with Gasteiger partial charge in [-0.3, -0.25) is 0 Å². The lowest BCUT2D eigenvalue weighted by molar-refractivity contribution is -0.137. The van der Waals surface area contributed by atoms with Crippen LogP contribution in [0.15, 0.2) is 24.3 Å². The molecule has 0 amide bonds. The smallest absolute Gasteiger partial charge is 0.312 e. The molecule has 1 saturated carbocycles. The first-order valence-corrected chi connectivity index (χ1v) is 7.39. The fourth-order valence-electron chi connectivity index (χ4n) is 2.69. The van der Waals surface area contributed by atoms with Gasteiger partial charge in [-0.2, -0.15) is 13.2 Å². The van der Waals surface area contributed by atoms with E-state index >= 15 is 0 Å². The van der Waals surface area contributed by atoms with Crippen LogP contribution < -0.4 is 5.32 Å². The summed E-state index contributed by atoms with van der Waals surface area (Å²) in [5, 5.41) is 3.50. The molecule has 1 aromatic carbocycles. The van der Waals surface area contributed by atoms with Gasteiger partial charge in [-0.05, 0) is 43.4 Å². The minimum atomic E-state index is -4.27. The summed E-state index contributed by atoms with van der Waals surface area (Å²) in [5.74, 6) is 0.539. The number of nitrogens with one attached hydrogen (secondary N) is 1. The summed E-state index contributed by atoms with van der Waals surface area (Å²) < 4.78 is 37.8. The lowest BCUT2D eigenvalue weighted by Gasteiger charge is -2.25. The van der Waals surface area contributed by atoms with Gasteiger partial charge in [0.1, 0.15) is 0 Å². The Morgan fingerprint density at radius 1 is 1.25 bits per heavy atom. The maximum Gasteiger partial charge on any atom is 0.416 e. The number of benzene rings is 1. The average molecular weight is 306 g/mol. The Labute approximate surface area is 122 Å². The predicted molar refractivity (Wildman–Crippen MR) is 74.7 cm³/mol. The summed E-state index contributed by atoms with van der Waals surface area (Å²) >= 11 is 6.13. The summed E-state index contributed by atoms with van der Waals surface area (Å²) in [7, 11) is 0. The van der Waals surface area contributed by atoms with E-state index in [0.29, 0.717) is 18.0 Å². The average Bonchev–Trinajstić information content (AvgIpc) is 2.38. The third-order valence-electron chi connectivity index (χ3n) is 3.74. The van der Waals surface area contributed by atoms with Crippen LogP contribution in [0, 0.1) is 5.92 Å². The van der Waals surface area contributed by atoms with Crippen molar-refractivity contribution in [3.63, 3.8) is 0 Å². The molecule has 2 atom stereocenters. The third kappa shape index (κ3) is 4.67. The van der Waals surface area contributed by atoms with Crippen molar-refractivity contribution in [1.82, 2.24) is 5.32 Å². The van der Waals surface area contributed by atoms with Crippen molar-refractivity contribution in [1.29, 1.82) is 0 Å². The minimum absolute atomic E-state index is 0.254. The molecule has 0 radical (unpaired) electrons.